The van der Waals surface area contributed by atoms with Gasteiger partial charge in [0.1, 0.15) is 17.5 Å². The van der Waals surface area contributed by atoms with Crippen LogP contribution in [0.4, 0.5) is 5.69 Å². The van der Waals surface area contributed by atoms with E-state index in [4.69, 9.17) is 6.57 Å². The van der Waals surface area contributed by atoms with Crippen molar-refractivity contribution in [3.63, 3.8) is 0 Å². The Morgan fingerprint density at radius 3 is 2.51 bits per heavy atom. The highest BCUT2D eigenvalue weighted by Gasteiger charge is 2.59. The predicted molar refractivity (Wildman–Crippen MR) is 146 cm³/mol. The third kappa shape index (κ3) is 5.39. The second-order valence-corrected chi connectivity index (χ2v) is 13.1. The van der Waals surface area contributed by atoms with Crippen LogP contribution in [0.3, 0.4) is 0 Å². The lowest BCUT2D eigenvalue weighted by Crippen LogP contribution is -2.56. The third-order valence-corrected chi connectivity index (χ3v) is 8.62. The van der Waals surface area contributed by atoms with E-state index in [1.165, 1.54) is 9.80 Å². The second-order valence-electron chi connectivity index (χ2n) is 13.1. The van der Waals surface area contributed by atoms with Crippen LogP contribution in [-0.2, 0) is 24.6 Å². The van der Waals surface area contributed by atoms with Gasteiger partial charge < -0.3 is 15.5 Å². The molecule has 2 heterocycles. The smallest absolute Gasteiger partial charge is 0.302 e. The number of carbonyl (C=O) groups excluding carboxylic acids is 4. The minimum absolute atomic E-state index is 0.0162. The van der Waals surface area contributed by atoms with Crippen molar-refractivity contribution in [2.75, 3.05) is 18.9 Å². The van der Waals surface area contributed by atoms with Crippen molar-refractivity contribution in [1.29, 1.82) is 0 Å². The lowest BCUT2D eigenvalue weighted by molar-refractivity contribution is -0.148. The van der Waals surface area contributed by atoms with Crippen LogP contribution in [0, 0.1) is 23.8 Å². The zero-order valence-electron chi connectivity index (χ0n) is 23.3. The molecule has 4 aliphatic rings. The molecule has 1 aromatic carbocycles. The van der Waals surface area contributed by atoms with E-state index in [1.54, 1.807) is 7.05 Å². The highest BCUT2D eigenvalue weighted by molar-refractivity contribution is 6.07. The molecule has 9 nitrogen and oxygen atoms in total. The van der Waals surface area contributed by atoms with Crippen LogP contribution in [0.1, 0.15) is 71.3 Å². The van der Waals surface area contributed by atoms with E-state index in [-0.39, 0.29) is 47.9 Å². The Hall–Kier alpha value is -3.41. The number of para-hydroxylation sites is 1. The molecule has 4 atom stereocenters. The molecule has 2 aliphatic heterocycles. The molecule has 1 spiro atoms. The largest absolute Gasteiger partial charge is 0.344 e. The van der Waals surface area contributed by atoms with Gasteiger partial charge in [0.25, 0.3) is 5.91 Å². The highest BCUT2D eigenvalue weighted by Crippen LogP contribution is 2.47. The maximum atomic E-state index is 14.3. The summed E-state index contributed by atoms with van der Waals surface area (Å²) in [6.45, 7) is 14.0. The van der Waals surface area contributed by atoms with Gasteiger partial charge in [-0.1, -0.05) is 51.8 Å². The average molecular weight is 534 g/mol. The van der Waals surface area contributed by atoms with Crippen molar-refractivity contribution >= 4 is 29.3 Å². The highest BCUT2D eigenvalue weighted by atomic mass is 16.2. The molecule has 0 bridgehead atoms. The van der Waals surface area contributed by atoms with E-state index < -0.39 is 23.7 Å². The van der Waals surface area contributed by atoms with E-state index >= 15 is 0 Å². The zero-order valence-corrected chi connectivity index (χ0v) is 23.3. The zero-order chi connectivity index (χ0) is 28.1. The number of carbonyl (C=O) groups is 4. The molecule has 5 rings (SSSR count). The first-order valence-electron chi connectivity index (χ1n) is 14.1. The van der Waals surface area contributed by atoms with Crippen LogP contribution in [0.25, 0.3) is 4.85 Å². The Bertz CT molecular complexity index is 1220. The van der Waals surface area contributed by atoms with Crippen LogP contribution in [0.15, 0.2) is 24.3 Å². The van der Waals surface area contributed by atoms with E-state index in [2.05, 4.69) is 15.5 Å². The van der Waals surface area contributed by atoms with Crippen molar-refractivity contribution < 1.29 is 19.2 Å². The van der Waals surface area contributed by atoms with Gasteiger partial charge in [-0.25, -0.2) is 6.57 Å². The molecule has 1 saturated heterocycles. The molecule has 0 aromatic heterocycles. The summed E-state index contributed by atoms with van der Waals surface area (Å²) < 4.78 is 0. The normalized spacial score (nSPS) is 25.5. The Balaban J connectivity index is 1.41. The minimum atomic E-state index is -0.983. The summed E-state index contributed by atoms with van der Waals surface area (Å²) in [6, 6.07) is 5.95. The minimum Gasteiger partial charge on any atom is -0.344 e. The van der Waals surface area contributed by atoms with Crippen LogP contribution in [0.5, 0.6) is 0 Å². The number of nitrogens with one attached hydrogen (secondary N) is 2. The Kier molecular flexibility index (Phi) is 6.94. The lowest BCUT2D eigenvalue weighted by Gasteiger charge is -2.36. The lowest BCUT2D eigenvalue weighted by atomic mass is 9.80. The summed E-state index contributed by atoms with van der Waals surface area (Å²) in [5.41, 5.74) is 0.250. The first kappa shape index (κ1) is 27.2. The van der Waals surface area contributed by atoms with Crippen LogP contribution in [-0.4, -0.2) is 65.3 Å². The van der Waals surface area contributed by atoms with Gasteiger partial charge >= 0.3 is 6.17 Å². The molecule has 3 fully saturated rings. The number of benzene rings is 1. The molecule has 2 N–H and O–H groups in total. The molecule has 208 valence electrons. The maximum absolute atomic E-state index is 14.3. The molecular weight excluding hydrogens is 494 g/mol. The topological polar surface area (TPSA) is 103 Å². The van der Waals surface area contributed by atoms with Crippen LogP contribution >= 0.6 is 0 Å². The van der Waals surface area contributed by atoms with Crippen molar-refractivity contribution in [2.45, 2.75) is 89.4 Å². The summed E-state index contributed by atoms with van der Waals surface area (Å²) in [4.78, 5) is 60.7. The second kappa shape index (κ2) is 9.96. The number of anilines is 1. The van der Waals surface area contributed by atoms with E-state index in [0.29, 0.717) is 24.4 Å². The molecule has 2 aliphatic carbocycles. The van der Waals surface area contributed by atoms with E-state index in [0.717, 1.165) is 31.2 Å². The van der Waals surface area contributed by atoms with E-state index in [9.17, 15) is 19.2 Å². The maximum Gasteiger partial charge on any atom is 0.302 e. The van der Waals surface area contributed by atoms with E-state index in [1.807, 2.05) is 45.0 Å². The Morgan fingerprint density at radius 1 is 1.21 bits per heavy atom. The number of hydrogen-bond acceptors (Lipinski definition) is 4. The molecule has 2 saturated carbocycles. The van der Waals surface area contributed by atoms with Gasteiger partial charge in [-0.2, -0.15) is 0 Å². The first-order chi connectivity index (χ1) is 18.4. The molecule has 0 radical (unpaired) electrons. The molecule has 39 heavy (non-hydrogen) atoms. The van der Waals surface area contributed by atoms with Gasteiger partial charge in [0.2, 0.25) is 17.7 Å². The first-order valence-corrected chi connectivity index (χ1v) is 14.1. The van der Waals surface area contributed by atoms with Crippen LogP contribution < -0.4 is 10.6 Å². The molecule has 9 heteroatoms. The summed E-state index contributed by atoms with van der Waals surface area (Å²) in [5.74, 6) is -0.476. The number of hydrogen-bond donors (Lipinski definition) is 2. The third-order valence-electron chi connectivity index (χ3n) is 8.62. The van der Waals surface area contributed by atoms with Crippen molar-refractivity contribution in [1.82, 2.24) is 15.1 Å². The number of nitrogens with zero attached hydrogens (tertiary/aromatic N) is 3. The average Bonchev–Trinajstić information content (AvgIpc) is 3.83. The molecule has 4 amide bonds. The quantitative estimate of drug-likeness (QED) is 0.501. The SMILES string of the molecule is [C-]#[N+][C@@H]1C[C@@]2(CN1C(=O)[C@H](CC(C)(C)C)N(C)C(=O)[C@H](CC1CC1)NC(=O)C1CC1)C(=O)Nc1ccccc12. The molecule has 1 aromatic rings. The number of rotatable bonds is 8. The Labute approximate surface area is 230 Å². The monoisotopic (exact) mass is 533 g/mol. The van der Waals surface area contributed by atoms with Gasteiger partial charge in [-0.15, -0.1) is 0 Å². The summed E-state index contributed by atoms with van der Waals surface area (Å²) >= 11 is 0. The Morgan fingerprint density at radius 2 is 1.90 bits per heavy atom. The van der Waals surface area contributed by atoms with Gasteiger partial charge in [-0.05, 0) is 48.6 Å². The fourth-order valence-electron chi connectivity index (χ4n) is 6.06. The fraction of sp³-hybridized carbons (Fsp3) is 0.633. The van der Waals surface area contributed by atoms with Gasteiger partial charge in [0.15, 0.2) is 0 Å². The van der Waals surface area contributed by atoms with Gasteiger partial charge in [0.05, 0.1) is 6.42 Å². The van der Waals surface area contributed by atoms with Gasteiger partial charge in [-0.3, -0.25) is 28.9 Å². The predicted octanol–water partition coefficient (Wildman–Crippen LogP) is 3.31. The van der Waals surface area contributed by atoms with Gasteiger partial charge in [0, 0.05) is 25.2 Å². The molecule has 0 unspecified atom stereocenters. The summed E-state index contributed by atoms with van der Waals surface area (Å²) in [6.07, 6.45) is 4.16. The summed E-state index contributed by atoms with van der Waals surface area (Å²) in [5, 5.41) is 5.91. The van der Waals surface area contributed by atoms with Crippen molar-refractivity contribution in [3.05, 3.63) is 41.2 Å². The standard InChI is InChI=1S/C30H39N5O4/c1-29(2,3)15-23(34(5)26(37)22(14-18-10-11-18)32-25(36)19-12-13-19)27(38)35-17-30(16-24(35)31-4)20-8-6-7-9-21(20)33-28(30)39/h6-9,18-19,22-24H,10-17H2,1-3,5H3,(H,32,36)(H,33,39)/t22-,23-,24-,30-/m0/s1. The molecular formula is C30H39N5O4. The summed E-state index contributed by atoms with van der Waals surface area (Å²) in [7, 11) is 1.64. The van der Waals surface area contributed by atoms with Crippen molar-refractivity contribution in [2.24, 2.45) is 17.3 Å². The fourth-order valence-corrected chi connectivity index (χ4v) is 6.06. The number of likely N-dealkylation sites (tertiary alicyclic amines) is 1. The number of fused-ring (bicyclic) bond motifs is 2. The van der Waals surface area contributed by atoms with Crippen molar-refractivity contribution in [3.8, 4) is 0 Å². The van der Waals surface area contributed by atoms with Crippen LogP contribution in [0.2, 0.25) is 0 Å². The number of likely N-dealkylation sites (N-methyl/N-ethyl adjacent to an activating group) is 1. The number of amides is 4.